The summed E-state index contributed by atoms with van der Waals surface area (Å²) in [5, 5.41) is 0. The van der Waals surface area contributed by atoms with Crippen molar-refractivity contribution in [2.45, 2.75) is 31.8 Å². The summed E-state index contributed by atoms with van der Waals surface area (Å²) in [5.41, 5.74) is 3.02. The Kier molecular flexibility index (Phi) is 4.58. The van der Waals surface area contributed by atoms with Crippen LogP contribution in [0.4, 0.5) is 0 Å². The van der Waals surface area contributed by atoms with Crippen molar-refractivity contribution in [1.82, 2.24) is 10.4 Å². The summed E-state index contributed by atoms with van der Waals surface area (Å²) < 4.78 is 0. The minimum atomic E-state index is 0.479. The average Bonchev–Trinajstić information content (AvgIpc) is 2.49. The van der Waals surface area contributed by atoms with Crippen LogP contribution in [-0.4, -0.2) is 38.2 Å². The largest absolute Gasteiger partial charge is 0.308 e. The minimum absolute atomic E-state index is 0.479. The van der Waals surface area contributed by atoms with Gasteiger partial charge in [0.2, 0.25) is 0 Å². The predicted molar refractivity (Wildman–Crippen MR) is 49.9 cm³/mol. The van der Waals surface area contributed by atoms with Gasteiger partial charge in [-0.3, -0.25) is 4.84 Å². The zero-order valence-electron chi connectivity index (χ0n) is 8.18. The second-order valence-corrected chi connectivity index (χ2v) is 3.72. The maximum Gasteiger partial charge on any atom is 0.0790 e. The van der Waals surface area contributed by atoms with Crippen LogP contribution in [-0.2, 0) is 4.84 Å². The number of hydroxylamine groups is 1. The molecule has 0 atom stereocenters. The molecule has 0 spiro atoms. The number of nitrogens with zero attached hydrogens (tertiary/aromatic N) is 1. The van der Waals surface area contributed by atoms with Crippen molar-refractivity contribution in [2.24, 2.45) is 0 Å². The molecule has 3 nitrogen and oxygen atoms in total. The molecule has 1 N–H and O–H groups in total. The lowest BCUT2D eigenvalue weighted by atomic mass is 10.3. The molecule has 0 saturated heterocycles. The Labute approximate surface area is 75.0 Å². The van der Waals surface area contributed by atoms with Gasteiger partial charge in [0, 0.05) is 13.1 Å². The molecule has 0 radical (unpaired) electrons. The smallest absolute Gasteiger partial charge is 0.0790 e. The molecule has 1 fully saturated rings. The molecule has 0 amide bonds. The first kappa shape index (κ1) is 9.96. The Hall–Kier alpha value is -0.120. The van der Waals surface area contributed by atoms with E-state index in [0.717, 1.165) is 13.1 Å². The maximum atomic E-state index is 5.48. The molecule has 1 aliphatic rings. The Morgan fingerprint density at radius 2 is 2.00 bits per heavy atom. The summed E-state index contributed by atoms with van der Waals surface area (Å²) in [6.45, 7) is 1.95. The van der Waals surface area contributed by atoms with Crippen molar-refractivity contribution in [3.8, 4) is 0 Å². The Morgan fingerprint density at radius 3 is 2.58 bits per heavy atom. The van der Waals surface area contributed by atoms with Gasteiger partial charge in [-0.05, 0) is 26.9 Å². The molecule has 1 aliphatic carbocycles. The minimum Gasteiger partial charge on any atom is -0.308 e. The third kappa shape index (κ3) is 4.04. The third-order valence-electron chi connectivity index (χ3n) is 2.21. The molecule has 0 bridgehead atoms. The van der Waals surface area contributed by atoms with E-state index < -0.39 is 0 Å². The Morgan fingerprint density at radius 1 is 1.33 bits per heavy atom. The highest BCUT2D eigenvalue weighted by molar-refractivity contribution is 4.65. The summed E-state index contributed by atoms with van der Waals surface area (Å²) in [6.07, 6.45) is 5.61. The SMILES string of the molecule is CN(C)CCNOC1CCCC1. The molecular weight excluding hydrogens is 152 g/mol. The number of hydrogen-bond acceptors (Lipinski definition) is 3. The van der Waals surface area contributed by atoms with Gasteiger partial charge in [0.15, 0.2) is 0 Å². The lowest BCUT2D eigenvalue weighted by Crippen LogP contribution is -2.29. The van der Waals surface area contributed by atoms with Crippen molar-refractivity contribution in [2.75, 3.05) is 27.2 Å². The lowest BCUT2D eigenvalue weighted by Gasteiger charge is -2.13. The van der Waals surface area contributed by atoms with Gasteiger partial charge in [0.05, 0.1) is 6.10 Å². The molecule has 0 heterocycles. The van der Waals surface area contributed by atoms with E-state index in [2.05, 4.69) is 24.5 Å². The zero-order chi connectivity index (χ0) is 8.81. The maximum absolute atomic E-state index is 5.48. The Balaban J connectivity index is 1.88. The Bertz CT molecular complexity index is 111. The van der Waals surface area contributed by atoms with Crippen LogP contribution in [0.3, 0.4) is 0 Å². The van der Waals surface area contributed by atoms with Crippen molar-refractivity contribution in [1.29, 1.82) is 0 Å². The summed E-state index contributed by atoms with van der Waals surface area (Å²) in [6, 6.07) is 0. The highest BCUT2D eigenvalue weighted by Crippen LogP contribution is 2.19. The van der Waals surface area contributed by atoms with E-state index >= 15 is 0 Å². The summed E-state index contributed by atoms with van der Waals surface area (Å²) in [4.78, 5) is 7.62. The quantitative estimate of drug-likeness (QED) is 0.495. The molecule has 0 aromatic carbocycles. The highest BCUT2D eigenvalue weighted by Gasteiger charge is 2.14. The van der Waals surface area contributed by atoms with Crippen LogP contribution >= 0.6 is 0 Å². The van der Waals surface area contributed by atoms with E-state index in [9.17, 15) is 0 Å². The monoisotopic (exact) mass is 172 g/mol. The van der Waals surface area contributed by atoms with E-state index in [4.69, 9.17) is 4.84 Å². The van der Waals surface area contributed by atoms with Crippen LogP contribution in [0.15, 0.2) is 0 Å². The molecule has 0 unspecified atom stereocenters. The number of rotatable bonds is 5. The summed E-state index contributed by atoms with van der Waals surface area (Å²) in [7, 11) is 4.13. The van der Waals surface area contributed by atoms with E-state index in [-0.39, 0.29) is 0 Å². The van der Waals surface area contributed by atoms with E-state index in [1.54, 1.807) is 0 Å². The number of nitrogens with one attached hydrogen (secondary N) is 1. The second kappa shape index (κ2) is 5.51. The molecule has 0 aromatic heterocycles. The number of hydrogen-bond donors (Lipinski definition) is 1. The van der Waals surface area contributed by atoms with Crippen molar-refractivity contribution in [3.05, 3.63) is 0 Å². The van der Waals surface area contributed by atoms with Gasteiger partial charge < -0.3 is 4.90 Å². The van der Waals surface area contributed by atoms with Gasteiger partial charge in [-0.25, -0.2) is 5.48 Å². The fourth-order valence-electron chi connectivity index (χ4n) is 1.45. The van der Waals surface area contributed by atoms with E-state index in [0.29, 0.717) is 6.10 Å². The van der Waals surface area contributed by atoms with Gasteiger partial charge in [-0.1, -0.05) is 12.8 Å². The summed E-state index contributed by atoms with van der Waals surface area (Å²) >= 11 is 0. The lowest BCUT2D eigenvalue weighted by molar-refractivity contribution is -0.0222. The second-order valence-electron chi connectivity index (χ2n) is 3.72. The fourth-order valence-corrected chi connectivity index (χ4v) is 1.45. The molecule has 3 heteroatoms. The van der Waals surface area contributed by atoms with Crippen LogP contribution in [0.25, 0.3) is 0 Å². The summed E-state index contributed by atoms with van der Waals surface area (Å²) in [5.74, 6) is 0. The molecule has 72 valence electrons. The van der Waals surface area contributed by atoms with Gasteiger partial charge in [0.25, 0.3) is 0 Å². The molecule has 0 aliphatic heterocycles. The van der Waals surface area contributed by atoms with Crippen molar-refractivity contribution >= 4 is 0 Å². The molecular formula is C9H20N2O. The van der Waals surface area contributed by atoms with Gasteiger partial charge in [-0.15, -0.1) is 0 Å². The third-order valence-corrected chi connectivity index (χ3v) is 2.21. The highest BCUT2D eigenvalue weighted by atomic mass is 16.7. The van der Waals surface area contributed by atoms with Crippen LogP contribution in [0, 0.1) is 0 Å². The first-order valence-corrected chi connectivity index (χ1v) is 4.82. The van der Waals surface area contributed by atoms with Crippen molar-refractivity contribution < 1.29 is 4.84 Å². The molecule has 12 heavy (non-hydrogen) atoms. The molecule has 1 rings (SSSR count). The van der Waals surface area contributed by atoms with Crippen molar-refractivity contribution in [3.63, 3.8) is 0 Å². The average molecular weight is 172 g/mol. The van der Waals surface area contributed by atoms with Gasteiger partial charge in [-0.2, -0.15) is 0 Å². The van der Waals surface area contributed by atoms with E-state index in [1.807, 2.05) is 0 Å². The normalized spacial score (nSPS) is 19.2. The molecule has 0 aromatic rings. The van der Waals surface area contributed by atoms with Crippen LogP contribution in [0.1, 0.15) is 25.7 Å². The van der Waals surface area contributed by atoms with Crippen LogP contribution in [0.2, 0.25) is 0 Å². The molecule has 1 saturated carbocycles. The van der Waals surface area contributed by atoms with E-state index in [1.165, 1.54) is 25.7 Å². The van der Waals surface area contributed by atoms with Crippen LogP contribution in [0.5, 0.6) is 0 Å². The topological polar surface area (TPSA) is 24.5 Å². The standard InChI is InChI=1S/C9H20N2O/c1-11(2)8-7-10-12-9-5-3-4-6-9/h9-10H,3-8H2,1-2H3. The van der Waals surface area contributed by atoms with Gasteiger partial charge in [0.1, 0.15) is 0 Å². The first-order valence-electron chi connectivity index (χ1n) is 4.82. The fraction of sp³-hybridized carbons (Fsp3) is 1.00. The van der Waals surface area contributed by atoms with Gasteiger partial charge >= 0.3 is 0 Å². The number of likely N-dealkylation sites (N-methyl/N-ethyl adjacent to an activating group) is 1. The van der Waals surface area contributed by atoms with Crippen LogP contribution < -0.4 is 5.48 Å². The zero-order valence-corrected chi connectivity index (χ0v) is 8.18. The predicted octanol–water partition coefficient (Wildman–Crippen LogP) is 1.01. The first-order chi connectivity index (χ1) is 5.79.